The number of nitrogens with one attached hydrogen (secondary N) is 1. The lowest BCUT2D eigenvalue weighted by atomic mass is 10.1. The number of nitrogens with two attached hydrogens (primary N) is 1. The average molecular weight is 235 g/mol. The summed E-state index contributed by atoms with van der Waals surface area (Å²) in [7, 11) is 2.11. The molecule has 1 saturated carbocycles. The molecule has 3 N–H and O–H groups in total. The van der Waals surface area contributed by atoms with Crippen LogP contribution in [-0.4, -0.2) is 23.1 Å². The van der Waals surface area contributed by atoms with Gasteiger partial charge in [0.15, 0.2) is 0 Å². The van der Waals surface area contributed by atoms with Crippen molar-refractivity contribution in [2.24, 2.45) is 5.84 Å². The van der Waals surface area contributed by atoms with Gasteiger partial charge in [0, 0.05) is 19.2 Å². The number of hydrogen-bond acceptors (Lipinski definition) is 5. The van der Waals surface area contributed by atoms with Gasteiger partial charge in [0.05, 0.1) is 0 Å². The number of hydrazine groups is 1. The van der Waals surface area contributed by atoms with Crippen LogP contribution in [0.2, 0.25) is 0 Å². The minimum absolute atomic E-state index is 0.595. The van der Waals surface area contributed by atoms with Crippen LogP contribution in [0, 0.1) is 0 Å². The van der Waals surface area contributed by atoms with Crippen molar-refractivity contribution < 1.29 is 0 Å². The largest absolute Gasteiger partial charge is 0.357 e. The fraction of sp³-hybridized carbons (Fsp3) is 0.667. The maximum Gasteiger partial charge on any atom is 0.145 e. The molecule has 1 aromatic rings. The van der Waals surface area contributed by atoms with E-state index in [1.807, 2.05) is 6.07 Å². The number of nitrogen functional groups attached to an aromatic ring is 1. The molecule has 0 aromatic carbocycles. The Balaban J connectivity index is 2.08. The van der Waals surface area contributed by atoms with Crippen LogP contribution in [0.5, 0.6) is 0 Å². The Morgan fingerprint density at radius 2 is 1.94 bits per heavy atom. The molecular weight excluding hydrogens is 214 g/mol. The van der Waals surface area contributed by atoms with Crippen LogP contribution in [0.25, 0.3) is 0 Å². The average Bonchev–Trinajstić information content (AvgIpc) is 2.67. The lowest BCUT2D eigenvalue weighted by molar-refractivity contribution is 0.549. The Kier molecular flexibility index (Phi) is 4.14. The second-order valence-electron chi connectivity index (χ2n) is 4.66. The molecule has 0 aliphatic heterocycles. The van der Waals surface area contributed by atoms with Crippen molar-refractivity contribution in [3.63, 3.8) is 0 Å². The van der Waals surface area contributed by atoms with E-state index in [2.05, 4.69) is 27.3 Å². The van der Waals surface area contributed by atoms with Crippen molar-refractivity contribution in [1.82, 2.24) is 9.97 Å². The second kappa shape index (κ2) is 5.82. The van der Waals surface area contributed by atoms with Crippen LogP contribution in [0.3, 0.4) is 0 Å². The standard InChI is InChI=1S/C12H21N5/c1-17(10-6-4-2-3-5-7-10)12-8-11(16-13)14-9-15-12/h8-10H,2-7,13H2,1H3,(H,14,15,16). The van der Waals surface area contributed by atoms with E-state index in [-0.39, 0.29) is 0 Å². The smallest absolute Gasteiger partial charge is 0.145 e. The molecule has 5 heteroatoms. The fourth-order valence-electron chi connectivity index (χ4n) is 2.45. The summed E-state index contributed by atoms with van der Waals surface area (Å²) in [6.45, 7) is 0. The summed E-state index contributed by atoms with van der Waals surface area (Å²) in [5.74, 6) is 6.97. The Bertz CT molecular complexity index is 347. The molecule has 5 nitrogen and oxygen atoms in total. The Labute approximate surface area is 102 Å². The molecule has 0 amide bonds. The second-order valence-corrected chi connectivity index (χ2v) is 4.66. The van der Waals surface area contributed by atoms with E-state index < -0.39 is 0 Å². The lowest BCUT2D eigenvalue weighted by Crippen LogP contribution is -2.31. The third-order valence-corrected chi connectivity index (χ3v) is 3.53. The Hall–Kier alpha value is -1.36. The van der Waals surface area contributed by atoms with Crippen LogP contribution in [-0.2, 0) is 0 Å². The van der Waals surface area contributed by atoms with Gasteiger partial charge in [-0.25, -0.2) is 15.8 Å². The van der Waals surface area contributed by atoms with Gasteiger partial charge < -0.3 is 10.3 Å². The van der Waals surface area contributed by atoms with E-state index >= 15 is 0 Å². The topological polar surface area (TPSA) is 67.1 Å². The van der Waals surface area contributed by atoms with Crippen LogP contribution < -0.4 is 16.2 Å². The van der Waals surface area contributed by atoms with E-state index in [9.17, 15) is 0 Å². The first-order valence-corrected chi connectivity index (χ1v) is 6.33. The summed E-state index contributed by atoms with van der Waals surface area (Å²) in [5.41, 5.74) is 2.56. The Morgan fingerprint density at radius 3 is 2.59 bits per heavy atom. The molecule has 0 unspecified atom stereocenters. The van der Waals surface area contributed by atoms with Crippen LogP contribution in [0.1, 0.15) is 38.5 Å². The molecule has 1 fully saturated rings. The van der Waals surface area contributed by atoms with Crippen molar-refractivity contribution in [2.45, 2.75) is 44.6 Å². The van der Waals surface area contributed by atoms with Gasteiger partial charge in [-0.3, -0.25) is 0 Å². The molecule has 17 heavy (non-hydrogen) atoms. The van der Waals surface area contributed by atoms with Gasteiger partial charge in [-0.1, -0.05) is 25.7 Å². The molecule has 1 aliphatic rings. The van der Waals surface area contributed by atoms with Crippen molar-refractivity contribution in [3.8, 4) is 0 Å². The van der Waals surface area contributed by atoms with Gasteiger partial charge in [0.25, 0.3) is 0 Å². The number of aromatic nitrogens is 2. The van der Waals surface area contributed by atoms with Gasteiger partial charge in [0.1, 0.15) is 18.0 Å². The number of nitrogens with zero attached hydrogens (tertiary/aromatic N) is 3. The summed E-state index contributed by atoms with van der Waals surface area (Å²) in [6, 6.07) is 2.49. The molecule has 94 valence electrons. The van der Waals surface area contributed by atoms with Gasteiger partial charge >= 0.3 is 0 Å². The Morgan fingerprint density at radius 1 is 1.24 bits per heavy atom. The van der Waals surface area contributed by atoms with Gasteiger partial charge in [-0.15, -0.1) is 0 Å². The molecule has 0 bridgehead atoms. The van der Waals surface area contributed by atoms with E-state index in [0.29, 0.717) is 11.9 Å². The van der Waals surface area contributed by atoms with Crippen LogP contribution in [0.4, 0.5) is 11.6 Å². The summed E-state index contributed by atoms with van der Waals surface area (Å²) in [6.07, 6.45) is 9.44. The molecule has 1 aliphatic carbocycles. The first-order chi connectivity index (χ1) is 8.31. The molecule has 1 heterocycles. The lowest BCUT2D eigenvalue weighted by Gasteiger charge is -2.28. The third-order valence-electron chi connectivity index (χ3n) is 3.53. The molecule has 0 radical (unpaired) electrons. The van der Waals surface area contributed by atoms with Crippen molar-refractivity contribution in [2.75, 3.05) is 17.4 Å². The molecule has 0 atom stereocenters. The minimum Gasteiger partial charge on any atom is -0.357 e. The van der Waals surface area contributed by atoms with E-state index in [1.165, 1.54) is 38.5 Å². The van der Waals surface area contributed by atoms with Gasteiger partial charge in [-0.2, -0.15) is 0 Å². The third kappa shape index (κ3) is 3.06. The number of rotatable bonds is 3. The highest BCUT2D eigenvalue weighted by molar-refractivity contribution is 5.47. The number of hydrogen-bond donors (Lipinski definition) is 2. The molecular formula is C12H21N5. The fourth-order valence-corrected chi connectivity index (χ4v) is 2.45. The van der Waals surface area contributed by atoms with Crippen molar-refractivity contribution in [3.05, 3.63) is 12.4 Å². The molecule has 2 rings (SSSR count). The van der Waals surface area contributed by atoms with Crippen LogP contribution in [0.15, 0.2) is 12.4 Å². The predicted octanol–water partition coefficient (Wildman–Crippen LogP) is 1.92. The van der Waals surface area contributed by atoms with Gasteiger partial charge in [-0.05, 0) is 12.8 Å². The molecule has 0 spiro atoms. The predicted molar refractivity (Wildman–Crippen MR) is 69.7 cm³/mol. The van der Waals surface area contributed by atoms with Crippen molar-refractivity contribution >= 4 is 11.6 Å². The maximum absolute atomic E-state index is 5.36. The van der Waals surface area contributed by atoms with Crippen LogP contribution >= 0.6 is 0 Å². The van der Waals surface area contributed by atoms with Gasteiger partial charge in [0.2, 0.25) is 0 Å². The first kappa shape index (κ1) is 12.1. The zero-order valence-corrected chi connectivity index (χ0v) is 10.4. The zero-order chi connectivity index (χ0) is 12.1. The number of anilines is 2. The van der Waals surface area contributed by atoms with Crippen molar-refractivity contribution in [1.29, 1.82) is 0 Å². The minimum atomic E-state index is 0.595. The summed E-state index contributed by atoms with van der Waals surface area (Å²) in [5, 5.41) is 0. The highest BCUT2D eigenvalue weighted by Gasteiger charge is 2.18. The quantitative estimate of drug-likeness (QED) is 0.476. The maximum atomic E-state index is 5.36. The summed E-state index contributed by atoms with van der Waals surface area (Å²) >= 11 is 0. The molecule has 0 saturated heterocycles. The monoisotopic (exact) mass is 235 g/mol. The first-order valence-electron chi connectivity index (χ1n) is 6.33. The highest BCUT2D eigenvalue weighted by Crippen LogP contribution is 2.24. The SMILES string of the molecule is CN(c1cc(NN)ncn1)C1CCCCCC1. The van der Waals surface area contributed by atoms with E-state index in [4.69, 9.17) is 5.84 Å². The normalized spacial score (nSPS) is 17.5. The highest BCUT2D eigenvalue weighted by atomic mass is 15.3. The summed E-state index contributed by atoms with van der Waals surface area (Å²) < 4.78 is 0. The van der Waals surface area contributed by atoms with E-state index in [1.54, 1.807) is 6.33 Å². The molecule has 1 aromatic heterocycles. The zero-order valence-electron chi connectivity index (χ0n) is 10.4. The van der Waals surface area contributed by atoms with E-state index in [0.717, 1.165) is 5.82 Å². The summed E-state index contributed by atoms with van der Waals surface area (Å²) in [4.78, 5) is 10.6.